The molecule has 0 fully saturated rings. The third-order valence-corrected chi connectivity index (χ3v) is 2.84. The van der Waals surface area contributed by atoms with Crippen molar-refractivity contribution in [3.63, 3.8) is 0 Å². The van der Waals surface area contributed by atoms with Gasteiger partial charge in [-0.2, -0.15) is 0 Å². The zero-order valence-electron chi connectivity index (χ0n) is 10.3. The zero-order valence-corrected chi connectivity index (χ0v) is 10.3. The van der Waals surface area contributed by atoms with Crippen molar-refractivity contribution < 1.29 is 4.39 Å². The molecule has 0 aromatic heterocycles. The lowest BCUT2D eigenvalue weighted by atomic mass is 10.2. The fourth-order valence-electron chi connectivity index (χ4n) is 1.79. The van der Waals surface area contributed by atoms with Crippen LogP contribution in [0.2, 0.25) is 0 Å². The first-order valence-corrected chi connectivity index (χ1v) is 5.82. The first kappa shape index (κ1) is 13.0. The lowest BCUT2D eigenvalue weighted by Gasteiger charge is -2.26. The third kappa shape index (κ3) is 3.49. The van der Waals surface area contributed by atoms with Crippen molar-refractivity contribution in [2.24, 2.45) is 0 Å². The minimum Gasteiger partial charge on any atom is -0.381 e. The van der Waals surface area contributed by atoms with E-state index in [4.69, 9.17) is 0 Å². The highest BCUT2D eigenvalue weighted by molar-refractivity contribution is 5.44. The predicted molar refractivity (Wildman–Crippen MR) is 66.1 cm³/mol. The van der Waals surface area contributed by atoms with Crippen molar-refractivity contribution in [1.29, 1.82) is 0 Å². The Bertz CT molecular complexity index is 311. The summed E-state index contributed by atoms with van der Waals surface area (Å²) in [5.74, 6) is -0.241. The molecule has 0 aliphatic carbocycles. The molecule has 1 atom stereocenters. The van der Waals surface area contributed by atoms with Crippen LogP contribution in [0.25, 0.3) is 0 Å². The standard InChI is InChI=1S/C13H20FN2/c1-4-16(5-2)11(3)10-15-13-9-7-6-8-12(13)14/h7-9,11,15H,4-5,10H2,1-3H3. The van der Waals surface area contributed by atoms with Crippen molar-refractivity contribution >= 4 is 5.69 Å². The number of likely N-dealkylation sites (N-methyl/N-ethyl adjacent to an activating group) is 1. The van der Waals surface area contributed by atoms with Gasteiger partial charge in [0.25, 0.3) is 0 Å². The van der Waals surface area contributed by atoms with Crippen LogP contribution in [0.4, 0.5) is 10.1 Å². The maximum atomic E-state index is 13.3. The molecule has 0 saturated heterocycles. The van der Waals surface area contributed by atoms with E-state index in [1.54, 1.807) is 12.1 Å². The number of nitrogens with one attached hydrogen (secondary N) is 1. The molecule has 89 valence electrons. The summed E-state index contributed by atoms with van der Waals surface area (Å²) >= 11 is 0. The number of nitrogens with zero attached hydrogens (tertiary/aromatic N) is 1. The topological polar surface area (TPSA) is 15.3 Å². The summed E-state index contributed by atoms with van der Waals surface area (Å²) in [4.78, 5) is 2.33. The summed E-state index contributed by atoms with van der Waals surface area (Å²) in [5, 5.41) is 3.13. The second kappa shape index (κ2) is 6.48. The van der Waals surface area contributed by atoms with Crippen LogP contribution in [0.15, 0.2) is 18.2 Å². The Labute approximate surface area is 97.5 Å². The van der Waals surface area contributed by atoms with Gasteiger partial charge in [-0.1, -0.05) is 19.9 Å². The van der Waals surface area contributed by atoms with Gasteiger partial charge >= 0.3 is 0 Å². The number of rotatable bonds is 6. The van der Waals surface area contributed by atoms with E-state index in [2.05, 4.69) is 37.1 Å². The molecule has 0 amide bonds. The van der Waals surface area contributed by atoms with E-state index >= 15 is 0 Å². The molecule has 0 spiro atoms. The zero-order chi connectivity index (χ0) is 12.0. The molecule has 0 saturated carbocycles. The average Bonchev–Trinajstić information content (AvgIpc) is 2.29. The summed E-state index contributed by atoms with van der Waals surface area (Å²) in [5.41, 5.74) is 0.553. The normalized spacial score (nSPS) is 12.8. The first-order valence-electron chi connectivity index (χ1n) is 5.82. The van der Waals surface area contributed by atoms with E-state index in [9.17, 15) is 4.39 Å². The van der Waals surface area contributed by atoms with Gasteiger partial charge in [0.05, 0.1) is 5.69 Å². The minimum atomic E-state index is -0.241. The number of halogens is 1. The van der Waals surface area contributed by atoms with Crippen molar-refractivity contribution in [2.75, 3.05) is 25.0 Å². The van der Waals surface area contributed by atoms with E-state index < -0.39 is 0 Å². The molecule has 2 nitrogen and oxygen atoms in total. The van der Waals surface area contributed by atoms with Crippen LogP contribution in [0.5, 0.6) is 0 Å². The monoisotopic (exact) mass is 223 g/mol. The van der Waals surface area contributed by atoms with Crippen LogP contribution in [0.1, 0.15) is 20.8 Å². The molecule has 0 heterocycles. The molecule has 1 aromatic rings. The summed E-state index contributed by atoms with van der Waals surface area (Å²) < 4.78 is 13.3. The average molecular weight is 223 g/mol. The van der Waals surface area contributed by atoms with Gasteiger partial charge in [0.1, 0.15) is 5.82 Å². The minimum absolute atomic E-state index is 0.241. The van der Waals surface area contributed by atoms with Crippen molar-refractivity contribution in [3.05, 3.63) is 30.1 Å². The van der Waals surface area contributed by atoms with E-state index in [1.807, 2.05) is 0 Å². The highest BCUT2D eigenvalue weighted by atomic mass is 19.1. The predicted octanol–water partition coefficient (Wildman–Crippen LogP) is 2.77. The largest absolute Gasteiger partial charge is 0.381 e. The quantitative estimate of drug-likeness (QED) is 0.797. The molecule has 1 rings (SSSR count). The maximum absolute atomic E-state index is 13.3. The van der Waals surface area contributed by atoms with E-state index in [-0.39, 0.29) is 5.82 Å². The van der Waals surface area contributed by atoms with E-state index in [0.717, 1.165) is 19.6 Å². The molecular formula is C13H20FN2. The van der Waals surface area contributed by atoms with Crippen LogP contribution < -0.4 is 5.32 Å². The fraction of sp³-hybridized carbons (Fsp3) is 0.538. The molecule has 1 N–H and O–H groups in total. The number of hydrogen-bond acceptors (Lipinski definition) is 2. The van der Waals surface area contributed by atoms with Gasteiger partial charge < -0.3 is 5.32 Å². The lowest BCUT2D eigenvalue weighted by molar-refractivity contribution is 0.240. The lowest BCUT2D eigenvalue weighted by Crippen LogP contribution is -2.37. The van der Waals surface area contributed by atoms with Gasteiger partial charge in [0, 0.05) is 12.6 Å². The van der Waals surface area contributed by atoms with Crippen molar-refractivity contribution in [2.45, 2.75) is 26.8 Å². The first-order chi connectivity index (χ1) is 7.69. The Hall–Kier alpha value is -1.09. The Kier molecular flexibility index (Phi) is 5.26. The van der Waals surface area contributed by atoms with Crippen molar-refractivity contribution in [3.8, 4) is 0 Å². The van der Waals surface area contributed by atoms with E-state index in [1.165, 1.54) is 6.07 Å². The summed E-state index contributed by atoms with van der Waals surface area (Å²) in [6.07, 6.45) is 0. The highest BCUT2D eigenvalue weighted by Crippen LogP contribution is 2.12. The summed E-state index contributed by atoms with van der Waals surface area (Å²) in [6, 6.07) is 7.89. The van der Waals surface area contributed by atoms with Crippen LogP contribution in [0, 0.1) is 11.9 Å². The van der Waals surface area contributed by atoms with Gasteiger partial charge in [-0.25, -0.2) is 4.39 Å². The fourth-order valence-corrected chi connectivity index (χ4v) is 1.79. The number of anilines is 1. The molecular weight excluding hydrogens is 203 g/mol. The summed E-state index contributed by atoms with van der Waals surface area (Å²) in [6.45, 7) is 9.21. The van der Waals surface area contributed by atoms with E-state index in [0.29, 0.717) is 11.7 Å². The van der Waals surface area contributed by atoms with Crippen LogP contribution in [-0.2, 0) is 0 Å². The molecule has 0 aliphatic rings. The molecule has 3 heteroatoms. The Morgan fingerprint density at radius 1 is 1.44 bits per heavy atom. The number of benzene rings is 1. The van der Waals surface area contributed by atoms with Gasteiger partial charge in [0.2, 0.25) is 0 Å². The van der Waals surface area contributed by atoms with Gasteiger partial charge in [0.15, 0.2) is 0 Å². The molecule has 1 unspecified atom stereocenters. The Balaban J connectivity index is 2.48. The van der Waals surface area contributed by atoms with Gasteiger partial charge in [-0.15, -0.1) is 0 Å². The van der Waals surface area contributed by atoms with Crippen LogP contribution >= 0.6 is 0 Å². The molecule has 16 heavy (non-hydrogen) atoms. The van der Waals surface area contributed by atoms with Gasteiger partial charge in [-0.05, 0) is 38.2 Å². The maximum Gasteiger partial charge on any atom is 0.146 e. The molecule has 1 aromatic carbocycles. The Morgan fingerprint density at radius 2 is 2.12 bits per heavy atom. The van der Waals surface area contributed by atoms with Crippen LogP contribution in [-0.4, -0.2) is 30.6 Å². The molecule has 0 aliphatic heterocycles. The highest BCUT2D eigenvalue weighted by Gasteiger charge is 2.10. The van der Waals surface area contributed by atoms with Crippen molar-refractivity contribution in [1.82, 2.24) is 4.90 Å². The smallest absolute Gasteiger partial charge is 0.146 e. The van der Waals surface area contributed by atoms with Crippen LogP contribution in [0.3, 0.4) is 0 Å². The second-order valence-electron chi connectivity index (χ2n) is 3.86. The van der Waals surface area contributed by atoms with Gasteiger partial charge in [-0.3, -0.25) is 4.90 Å². The molecule has 1 radical (unpaired) electrons. The Morgan fingerprint density at radius 3 is 2.69 bits per heavy atom. The summed E-state index contributed by atoms with van der Waals surface area (Å²) in [7, 11) is 0. The second-order valence-corrected chi connectivity index (χ2v) is 3.86. The molecule has 0 bridgehead atoms. The third-order valence-electron chi connectivity index (χ3n) is 2.84. The SMILES string of the molecule is CCN(CC)C(C)CNc1cc[c]cc1F. The number of hydrogen-bond donors (Lipinski definition) is 1.